The lowest BCUT2D eigenvalue weighted by Gasteiger charge is -2.34. The third kappa shape index (κ3) is 4.70. The molecule has 1 saturated heterocycles. The molecule has 0 aliphatic carbocycles. The summed E-state index contributed by atoms with van der Waals surface area (Å²) in [5.41, 5.74) is 0.805. The van der Waals surface area contributed by atoms with E-state index in [9.17, 15) is 9.59 Å². The van der Waals surface area contributed by atoms with Crippen molar-refractivity contribution in [3.8, 4) is 5.75 Å². The fourth-order valence-electron chi connectivity index (χ4n) is 4.93. The minimum atomic E-state index is -0.623. The van der Waals surface area contributed by atoms with E-state index in [1.165, 1.54) is 0 Å². The van der Waals surface area contributed by atoms with Crippen LogP contribution in [0.15, 0.2) is 69.9 Å². The van der Waals surface area contributed by atoms with E-state index in [2.05, 4.69) is 21.2 Å². The van der Waals surface area contributed by atoms with Gasteiger partial charge in [-0.2, -0.15) is 0 Å². The number of carbonyl (C=O) groups excluding carboxylic acids is 1. The van der Waals surface area contributed by atoms with Gasteiger partial charge in [0.2, 0.25) is 0 Å². The molecule has 0 bridgehead atoms. The Hall–Kier alpha value is -3.95. The molecule has 1 aliphatic heterocycles. The molecule has 194 valence electrons. The zero-order chi connectivity index (χ0) is 26.1. The van der Waals surface area contributed by atoms with Crippen molar-refractivity contribution >= 4 is 54.3 Å². The lowest BCUT2D eigenvalue weighted by Crippen LogP contribution is -2.48. The van der Waals surface area contributed by atoms with Crippen molar-refractivity contribution in [2.75, 3.05) is 50.8 Å². The molecule has 0 saturated carbocycles. The molecule has 3 heterocycles. The predicted molar refractivity (Wildman–Crippen MR) is 152 cm³/mol. The Labute approximate surface area is 223 Å². The number of hydrogen-bond acceptors (Lipinski definition) is 8. The molecule has 6 rings (SSSR count). The van der Waals surface area contributed by atoms with E-state index in [1.54, 1.807) is 23.5 Å². The van der Waals surface area contributed by atoms with Gasteiger partial charge in [0.15, 0.2) is 5.13 Å². The number of rotatable bonds is 7. The smallest absolute Gasteiger partial charge is 0.349 e. The minimum Gasteiger partial charge on any atom is -0.492 e. The first-order chi connectivity index (χ1) is 18.6. The van der Waals surface area contributed by atoms with Crippen molar-refractivity contribution in [2.45, 2.75) is 6.92 Å². The SMILES string of the molecule is CCOc1cccc2sc(N3CCN(CCNC(=O)c4cc5c(ccc6ccccc65)oc4=O)CC3)nc12. The molecule has 2 aromatic heterocycles. The van der Waals surface area contributed by atoms with Crippen LogP contribution >= 0.6 is 11.3 Å². The average Bonchev–Trinajstić information content (AvgIpc) is 3.38. The monoisotopic (exact) mass is 528 g/mol. The molecular formula is C29H28N4O4S. The van der Waals surface area contributed by atoms with Gasteiger partial charge in [-0.05, 0) is 42.0 Å². The second-order valence-corrected chi connectivity index (χ2v) is 10.3. The molecule has 8 nitrogen and oxygen atoms in total. The first kappa shape index (κ1) is 24.4. The minimum absolute atomic E-state index is 0.0286. The van der Waals surface area contributed by atoms with E-state index < -0.39 is 11.5 Å². The maximum absolute atomic E-state index is 12.9. The summed E-state index contributed by atoms with van der Waals surface area (Å²) in [6, 6.07) is 19.2. The highest BCUT2D eigenvalue weighted by molar-refractivity contribution is 7.22. The van der Waals surface area contributed by atoms with E-state index >= 15 is 0 Å². The van der Waals surface area contributed by atoms with Crippen molar-refractivity contribution in [3.05, 3.63) is 76.6 Å². The second-order valence-electron chi connectivity index (χ2n) is 9.26. The molecule has 1 amide bonds. The van der Waals surface area contributed by atoms with Crippen LogP contribution in [0.5, 0.6) is 5.75 Å². The summed E-state index contributed by atoms with van der Waals surface area (Å²) >= 11 is 1.69. The second kappa shape index (κ2) is 10.4. The van der Waals surface area contributed by atoms with E-state index in [-0.39, 0.29) is 5.56 Å². The van der Waals surface area contributed by atoms with Gasteiger partial charge in [-0.1, -0.05) is 47.7 Å². The normalized spacial score (nSPS) is 14.4. The first-order valence-corrected chi connectivity index (χ1v) is 13.7. The topological polar surface area (TPSA) is 87.9 Å². The number of fused-ring (bicyclic) bond motifs is 4. The molecule has 0 spiro atoms. The van der Waals surface area contributed by atoms with Gasteiger partial charge in [0.25, 0.3) is 5.91 Å². The molecule has 0 atom stereocenters. The fraction of sp³-hybridized carbons (Fsp3) is 0.276. The van der Waals surface area contributed by atoms with Crippen LogP contribution in [0.25, 0.3) is 32.0 Å². The molecule has 1 N–H and O–H groups in total. The summed E-state index contributed by atoms with van der Waals surface area (Å²) in [6.45, 7) is 7.21. The van der Waals surface area contributed by atoms with Crippen LogP contribution in [0.2, 0.25) is 0 Å². The molecule has 5 aromatic rings. The highest BCUT2D eigenvalue weighted by Crippen LogP contribution is 2.34. The number of para-hydroxylation sites is 1. The van der Waals surface area contributed by atoms with Crippen LogP contribution in [-0.2, 0) is 0 Å². The number of aromatic nitrogens is 1. The highest BCUT2D eigenvalue weighted by Gasteiger charge is 2.21. The van der Waals surface area contributed by atoms with Crippen molar-refractivity contribution in [3.63, 3.8) is 0 Å². The number of anilines is 1. The number of nitrogens with zero attached hydrogens (tertiary/aromatic N) is 3. The molecule has 1 fully saturated rings. The van der Waals surface area contributed by atoms with Crippen molar-refractivity contribution in [2.24, 2.45) is 0 Å². The van der Waals surface area contributed by atoms with Gasteiger partial charge in [-0.15, -0.1) is 0 Å². The molecule has 0 unspecified atom stereocenters. The Balaban J connectivity index is 1.06. The fourth-order valence-corrected chi connectivity index (χ4v) is 5.97. The standard InChI is InChI=1S/C29H28N4O4S/c1-2-36-24-8-5-9-25-26(24)31-29(38-25)33-16-14-32(15-17-33)13-12-30-27(34)22-18-21-20-7-4-3-6-19(20)10-11-23(21)37-28(22)35/h3-11,18H,2,12-17H2,1H3,(H,30,34). The van der Waals surface area contributed by atoms with E-state index in [0.29, 0.717) is 25.3 Å². The number of piperazine rings is 1. The van der Waals surface area contributed by atoms with Gasteiger partial charge in [0, 0.05) is 44.7 Å². The van der Waals surface area contributed by atoms with E-state index in [4.69, 9.17) is 14.1 Å². The quantitative estimate of drug-likeness (QED) is 0.246. The molecule has 1 aliphatic rings. The molecule has 38 heavy (non-hydrogen) atoms. The summed E-state index contributed by atoms with van der Waals surface area (Å²) in [4.78, 5) is 34.9. The summed E-state index contributed by atoms with van der Waals surface area (Å²) in [6.07, 6.45) is 0. The number of thiazole rings is 1. The van der Waals surface area contributed by atoms with Crippen LogP contribution in [0.4, 0.5) is 5.13 Å². The number of benzene rings is 3. The maximum atomic E-state index is 12.9. The zero-order valence-electron chi connectivity index (χ0n) is 21.1. The van der Waals surface area contributed by atoms with Crippen molar-refractivity contribution < 1.29 is 13.9 Å². The third-order valence-corrected chi connectivity index (χ3v) is 7.99. The van der Waals surface area contributed by atoms with Crippen LogP contribution < -0.4 is 20.6 Å². The average molecular weight is 529 g/mol. The predicted octanol–water partition coefficient (Wildman–Crippen LogP) is 4.51. The number of carbonyl (C=O) groups is 1. The lowest BCUT2D eigenvalue weighted by atomic mass is 10.0. The third-order valence-electron chi connectivity index (χ3n) is 6.91. The van der Waals surface area contributed by atoms with Crippen LogP contribution in [-0.4, -0.2) is 61.7 Å². The molecule has 9 heteroatoms. The Kier molecular flexibility index (Phi) is 6.70. The van der Waals surface area contributed by atoms with Gasteiger partial charge >= 0.3 is 5.63 Å². The number of ether oxygens (including phenoxy) is 1. The summed E-state index contributed by atoms with van der Waals surface area (Å²) in [5.74, 6) is 0.419. The van der Waals surface area contributed by atoms with Crippen LogP contribution in [0.1, 0.15) is 17.3 Å². The lowest BCUT2D eigenvalue weighted by molar-refractivity contribution is 0.0944. The Morgan fingerprint density at radius 2 is 1.89 bits per heavy atom. The zero-order valence-corrected chi connectivity index (χ0v) is 21.9. The summed E-state index contributed by atoms with van der Waals surface area (Å²) in [5, 5.41) is 6.64. The molecular weight excluding hydrogens is 500 g/mol. The summed E-state index contributed by atoms with van der Waals surface area (Å²) in [7, 11) is 0. The Morgan fingerprint density at radius 3 is 2.74 bits per heavy atom. The van der Waals surface area contributed by atoms with E-state index in [1.807, 2.05) is 49.4 Å². The Bertz CT molecular complexity index is 1690. The maximum Gasteiger partial charge on any atom is 0.349 e. The van der Waals surface area contributed by atoms with Gasteiger partial charge < -0.3 is 19.4 Å². The van der Waals surface area contributed by atoms with Crippen molar-refractivity contribution in [1.82, 2.24) is 15.2 Å². The van der Waals surface area contributed by atoms with Crippen molar-refractivity contribution in [1.29, 1.82) is 0 Å². The van der Waals surface area contributed by atoms with Crippen LogP contribution in [0, 0.1) is 0 Å². The van der Waals surface area contributed by atoms with Crippen LogP contribution in [0.3, 0.4) is 0 Å². The highest BCUT2D eigenvalue weighted by atomic mass is 32.1. The largest absolute Gasteiger partial charge is 0.492 e. The summed E-state index contributed by atoms with van der Waals surface area (Å²) < 4.78 is 12.3. The van der Waals surface area contributed by atoms with Gasteiger partial charge in [-0.3, -0.25) is 9.69 Å². The Morgan fingerprint density at radius 1 is 1.05 bits per heavy atom. The molecule has 3 aromatic carbocycles. The first-order valence-electron chi connectivity index (χ1n) is 12.8. The molecule has 0 radical (unpaired) electrons. The van der Waals surface area contributed by atoms with E-state index in [0.717, 1.165) is 63.4 Å². The van der Waals surface area contributed by atoms with Gasteiger partial charge in [-0.25, -0.2) is 9.78 Å². The number of hydrogen-bond donors (Lipinski definition) is 1. The van der Waals surface area contributed by atoms with Gasteiger partial charge in [0.1, 0.15) is 22.4 Å². The number of amides is 1. The number of nitrogens with one attached hydrogen (secondary N) is 1. The van der Waals surface area contributed by atoms with Gasteiger partial charge in [0.05, 0.1) is 11.3 Å².